The lowest BCUT2D eigenvalue weighted by molar-refractivity contribution is 0.0219. The van der Waals surface area contributed by atoms with E-state index in [4.69, 9.17) is 31.5 Å². The smallest absolute Gasteiger partial charge is 0.409 e. The van der Waals surface area contributed by atoms with Crippen LogP contribution in [-0.2, 0) is 10.2 Å². The Labute approximate surface area is 204 Å². The molecule has 4 rings (SSSR count). The summed E-state index contributed by atoms with van der Waals surface area (Å²) >= 11 is 6.14. The highest BCUT2D eigenvalue weighted by molar-refractivity contribution is 6.28. The Hall–Kier alpha value is -3.16. The van der Waals surface area contributed by atoms with Gasteiger partial charge in [-0.15, -0.1) is 0 Å². The maximum absolute atomic E-state index is 14.2. The number of hydrogen-bond donors (Lipinski definition) is 2. The van der Waals surface area contributed by atoms with Gasteiger partial charge < -0.3 is 25.3 Å². The molecule has 14 heteroatoms. The molecule has 0 bridgehead atoms. The number of imidazole rings is 1. The minimum absolute atomic E-state index is 0.0245. The number of carbonyl (C=O) groups excluding carboxylic acids is 1. The summed E-state index contributed by atoms with van der Waals surface area (Å²) in [5, 5.41) is 2.93. The summed E-state index contributed by atoms with van der Waals surface area (Å²) in [5.41, 5.74) is 5.27. The van der Waals surface area contributed by atoms with E-state index in [1.165, 1.54) is 13.2 Å². The number of nitrogens with two attached hydrogens (primary N) is 1. The molecule has 1 aliphatic rings. The summed E-state index contributed by atoms with van der Waals surface area (Å²) in [6.45, 7) is 7.00. The number of nitrogens with one attached hydrogen (secondary N) is 1. The molecular formula is C21H24ClF2N7O4. The predicted molar refractivity (Wildman–Crippen MR) is 121 cm³/mol. The van der Waals surface area contributed by atoms with Gasteiger partial charge in [-0.1, -0.05) is 20.8 Å². The number of hydrogen-bond acceptors (Lipinski definition) is 9. The molecule has 1 fully saturated rings. The number of amides is 1. The number of halogens is 3. The van der Waals surface area contributed by atoms with Crippen LogP contribution in [0.3, 0.4) is 0 Å². The molecule has 1 aromatic carbocycles. The zero-order valence-electron chi connectivity index (χ0n) is 19.4. The van der Waals surface area contributed by atoms with Crippen LogP contribution in [0, 0.1) is 0 Å². The molecule has 0 aliphatic carbocycles. The van der Waals surface area contributed by atoms with Crippen LogP contribution in [0.1, 0.15) is 50.5 Å². The van der Waals surface area contributed by atoms with Crippen molar-refractivity contribution in [1.29, 1.82) is 0 Å². The Bertz CT molecular complexity index is 1270. The summed E-state index contributed by atoms with van der Waals surface area (Å²) in [5.74, 6) is -0.530. The van der Waals surface area contributed by atoms with E-state index < -0.39 is 29.9 Å². The predicted octanol–water partition coefficient (Wildman–Crippen LogP) is 3.23. The van der Waals surface area contributed by atoms with E-state index in [0.717, 1.165) is 4.57 Å². The van der Waals surface area contributed by atoms with E-state index in [2.05, 4.69) is 25.3 Å². The van der Waals surface area contributed by atoms with Crippen LogP contribution in [0.5, 0.6) is 11.5 Å². The lowest BCUT2D eigenvalue weighted by atomic mass is 9.85. The van der Waals surface area contributed by atoms with Crippen molar-refractivity contribution in [3.63, 3.8) is 0 Å². The summed E-state index contributed by atoms with van der Waals surface area (Å²) in [4.78, 5) is 28.3. The van der Waals surface area contributed by atoms with E-state index in [0.29, 0.717) is 25.3 Å². The maximum atomic E-state index is 14.2. The first-order chi connectivity index (χ1) is 16.5. The standard InChI is InChI=1S/C21H24ClF2N7O4/c1-21(2,3)12-10(35-19(25)32)7-9-13(14(12)33-4)27-17(15(23)24)31(9)20-29-16(28-18(22)30-20)11-8-26-5-6-34-11/h7,11,15,26H,5-6,8H2,1-4H3,(H2,25,32). The number of benzene rings is 1. The Kier molecular flexibility index (Phi) is 6.75. The van der Waals surface area contributed by atoms with Gasteiger partial charge in [0.2, 0.25) is 11.2 Å². The molecule has 1 aliphatic heterocycles. The molecule has 0 spiro atoms. The lowest BCUT2D eigenvalue weighted by Crippen LogP contribution is -2.34. The highest BCUT2D eigenvalue weighted by Gasteiger charge is 2.32. The number of carbonyl (C=O) groups is 1. The first-order valence-corrected chi connectivity index (χ1v) is 11.0. The number of methoxy groups -OCH3 is 1. The summed E-state index contributed by atoms with van der Waals surface area (Å²) in [7, 11) is 1.37. The van der Waals surface area contributed by atoms with Crippen molar-refractivity contribution in [2.45, 2.75) is 38.7 Å². The molecule has 3 N–H and O–H groups in total. The van der Waals surface area contributed by atoms with Crippen LogP contribution in [0.4, 0.5) is 13.6 Å². The fourth-order valence-corrected chi connectivity index (χ4v) is 4.12. The van der Waals surface area contributed by atoms with E-state index >= 15 is 0 Å². The van der Waals surface area contributed by atoms with Crippen molar-refractivity contribution in [2.24, 2.45) is 5.73 Å². The monoisotopic (exact) mass is 511 g/mol. The second-order valence-corrected chi connectivity index (χ2v) is 9.09. The number of rotatable bonds is 5. The van der Waals surface area contributed by atoms with E-state index in [9.17, 15) is 13.6 Å². The number of fused-ring (bicyclic) bond motifs is 1. The second kappa shape index (κ2) is 9.47. The third-order valence-corrected chi connectivity index (χ3v) is 5.45. The topological polar surface area (TPSA) is 139 Å². The average Bonchev–Trinajstić information content (AvgIpc) is 3.17. The Morgan fingerprint density at radius 2 is 2.06 bits per heavy atom. The van der Waals surface area contributed by atoms with Gasteiger partial charge in [-0.2, -0.15) is 15.0 Å². The summed E-state index contributed by atoms with van der Waals surface area (Å²) in [6.07, 6.45) is -4.65. The number of nitrogens with zero attached hydrogens (tertiary/aromatic N) is 5. The van der Waals surface area contributed by atoms with Gasteiger partial charge in [0.15, 0.2) is 17.4 Å². The van der Waals surface area contributed by atoms with E-state index in [1.54, 1.807) is 0 Å². The fraction of sp³-hybridized carbons (Fsp3) is 0.476. The average molecular weight is 512 g/mol. The molecule has 1 unspecified atom stereocenters. The first-order valence-electron chi connectivity index (χ1n) is 10.6. The number of primary amides is 1. The van der Waals surface area contributed by atoms with Gasteiger partial charge in [0.1, 0.15) is 17.4 Å². The van der Waals surface area contributed by atoms with Gasteiger partial charge in [-0.3, -0.25) is 4.57 Å². The Morgan fingerprint density at radius 1 is 1.31 bits per heavy atom. The normalized spacial score (nSPS) is 16.6. The molecule has 2 aromatic heterocycles. The van der Waals surface area contributed by atoms with Crippen LogP contribution in [0.15, 0.2) is 6.07 Å². The first kappa shape index (κ1) is 24.9. The Morgan fingerprint density at radius 3 is 2.63 bits per heavy atom. The van der Waals surface area contributed by atoms with Crippen molar-refractivity contribution in [3.05, 3.63) is 28.6 Å². The molecular weight excluding hydrogens is 488 g/mol. The molecule has 0 radical (unpaired) electrons. The number of ether oxygens (including phenoxy) is 3. The van der Waals surface area contributed by atoms with E-state index in [1.807, 2.05) is 20.8 Å². The zero-order valence-corrected chi connectivity index (χ0v) is 20.2. The van der Waals surface area contributed by atoms with Gasteiger partial charge in [-0.25, -0.2) is 18.6 Å². The van der Waals surface area contributed by atoms with Gasteiger partial charge in [0.25, 0.3) is 6.43 Å². The number of alkyl halides is 2. The molecule has 3 heterocycles. The van der Waals surface area contributed by atoms with Gasteiger partial charge in [0.05, 0.1) is 19.2 Å². The van der Waals surface area contributed by atoms with Crippen LogP contribution in [-0.4, -0.2) is 57.4 Å². The van der Waals surface area contributed by atoms with Crippen LogP contribution >= 0.6 is 11.6 Å². The zero-order chi connectivity index (χ0) is 25.5. The van der Waals surface area contributed by atoms with E-state index in [-0.39, 0.29) is 39.6 Å². The highest BCUT2D eigenvalue weighted by Crippen LogP contribution is 2.45. The van der Waals surface area contributed by atoms with Crippen molar-refractivity contribution in [1.82, 2.24) is 29.8 Å². The highest BCUT2D eigenvalue weighted by atomic mass is 35.5. The van der Waals surface area contributed by atoms with Crippen molar-refractivity contribution >= 4 is 28.7 Å². The minimum atomic E-state index is -3.02. The molecule has 188 valence electrons. The molecule has 1 saturated heterocycles. The number of morpholine rings is 1. The van der Waals surface area contributed by atoms with Crippen molar-refractivity contribution in [2.75, 3.05) is 26.8 Å². The molecule has 0 saturated carbocycles. The van der Waals surface area contributed by atoms with Crippen LogP contribution in [0.25, 0.3) is 17.0 Å². The van der Waals surface area contributed by atoms with Crippen LogP contribution < -0.4 is 20.5 Å². The SMILES string of the molecule is COc1c(C(C)(C)C)c(OC(N)=O)cc2c1nc(C(F)F)n2-c1nc(Cl)nc(C2CNCCO2)n1. The molecule has 3 aromatic rings. The molecule has 1 atom stereocenters. The molecule has 11 nitrogen and oxygen atoms in total. The summed E-state index contributed by atoms with van der Waals surface area (Å²) < 4.78 is 46.0. The number of aromatic nitrogens is 5. The van der Waals surface area contributed by atoms with Crippen LogP contribution in [0.2, 0.25) is 5.28 Å². The third-order valence-electron chi connectivity index (χ3n) is 5.28. The van der Waals surface area contributed by atoms with Gasteiger partial charge in [-0.05, 0) is 17.0 Å². The van der Waals surface area contributed by atoms with Gasteiger partial charge >= 0.3 is 6.09 Å². The van der Waals surface area contributed by atoms with Gasteiger partial charge in [0, 0.05) is 24.7 Å². The largest absolute Gasteiger partial charge is 0.494 e. The lowest BCUT2D eigenvalue weighted by Gasteiger charge is -2.25. The van der Waals surface area contributed by atoms with Crippen molar-refractivity contribution in [3.8, 4) is 17.4 Å². The minimum Gasteiger partial charge on any atom is -0.494 e. The second-order valence-electron chi connectivity index (χ2n) is 8.75. The molecule has 35 heavy (non-hydrogen) atoms. The quantitative estimate of drug-likeness (QED) is 0.528. The Balaban J connectivity index is 2.04. The van der Waals surface area contributed by atoms with Crippen molar-refractivity contribution < 1.29 is 27.8 Å². The maximum Gasteiger partial charge on any atom is 0.409 e. The fourth-order valence-electron chi connectivity index (χ4n) is 3.96. The molecule has 1 amide bonds. The third kappa shape index (κ3) is 4.83. The summed E-state index contributed by atoms with van der Waals surface area (Å²) in [6, 6.07) is 1.37.